The minimum atomic E-state index is -3.69. The summed E-state index contributed by atoms with van der Waals surface area (Å²) in [6, 6.07) is 14.4. The van der Waals surface area contributed by atoms with Gasteiger partial charge in [-0.25, -0.2) is 8.42 Å². The van der Waals surface area contributed by atoms with Crippen LogP contribution in [0.15, 0.2) is 58.4 Å². The van der Waals surface area contributed by atoms with E-state index in [1.165, 1.54) is 34.9 Å². The van der Waals surface area contributed by atoms with Crippen molar-refractivity contribution in [2.75, 3.05) is 32.2 Å². The number of sulfonamides is 1. The van der Waals surface area contributed by atoms with E-state index in [2.05, 4.69) is 15.8 Å². The first-order valence-electron chi connectivity index (χ1n) is 10.7. The Labute approximate surface area is 202 Å². The second-order valence-electron chi connectivity index (χ2n) is 7.82. The van der Waals surface area contributed by atoms with Crippen LogP contribution in [-0.4, -0.2) is 55.4 Å². The van der Waals surface area contributed by atoms with Gasteiger partial charge in [-0.2, -0.15) is 21.1 Å². The van der Waals surface area contributed by atoms with Crippen LogP contribution in [0.4, 0.5) is 0 Å². The summed E-state index contributed by atoms with van der Waals surface area (Å²) in [7, 11) is -2.15. The van der Waals surface area contributed by atoms with E-state index in [1.807, 2.05) is 24.3 Å². The molecule has 0 saturated carbocycles. The summed E-state index contributed by atoms with van der Waals surface area (Å²) >= 11 is 3.24. The number of hydrogen-bond acceptors (Lipinski definition) is 6. The molecule has 1 unspecified atom stereocenters. The molecule has 1 fully saturated rings. The van der Waals surface area contributed by atoms with E-state index in [0.29, 0.717) is 29.9 Å². The van der Waals surface area contributed by atoms with E-state index in [1.54, 1.807) is 23.9 Å². The molecule has 2 aromatic carbocycles. The Balaban J connectivity index is 1.58. The molecule has 0 radical (unpaired) electrons. The van der Waals surface area contributed by atoms with Gasteiger partial charge in [-0.15, -0.1) is 0 Å². The zero-order valence-electron chi connectivity index (χ0n) is 18.6. The third-order valence-corrected chi connectivity index (χ3v) is 9.27. The van der Waals surface area contributed by atoms with Crippen LogP contribution in [0.25, 0.3) is 10.2 Å². The summed E-state index contributed by atoms with van der Waals surface area (Å²) in [6.07, 6.45) is 3.31. The Bertz CT molecular complexity index is 1300. The Hall–Kier alpha value is -2.14. The van der Waals surface area contributed by atoms with Crippen molar-refractivity contribution in [3.63, 3.8) is 0 Å². The Morgan fingerprint density at radius 2 is 1.97 bits per heavy atom. The second-order valence-corrected chi connectivity index (χ2v) is 11.8. The number of ether oxygens (including phenoxy) is 1. The molecule has 0 spiro atoms. The minimum absolute atomic E-state index is 0.145. The van der Waals surface area contributed by atoms with Gasteiger partial charge in [0, 0.05) is 25.4 Å². The maximum atomic E-state index is 13.1. The summed E-state index contributed by atoms with van der Waals surface area (Å²) < 4.78 is 36.0. The molecule has 33 heavy (non-hydrogen) atoms. The number of fused-ring (bicyclic) bond motifs is 1. The molecule has 0 aliphatic carbocycles. The van der Waals surface area contributed by atoms with Crippen LogP contribution in [0, 0.1) is 5.92 Å². The van der Waals surface area contributed by atoms with Crippen molar-refractivity contribution in [2.24, 2.45) is 10.9 Å². The molecule has 1 aliphatic rings. The number of amides is 1. The average molecular weight is 506 g/mol. The lowest BCUT2D eigenvalue weighted by Gasteiger charge is -2.30. The fourth-order valence-corrected chi connectivity index (χ4v) is 6.90. The molecule has 4 rings (SSSR count). The van der Waals surface area contributed by atoms with Crippen LogP contribution < -0.4 is 9.54 Å². The first-order chi connectivity index (χ1) is 15.9. The van der Waals surface area contributed by atoms with E-state index < -0.39 is 15.9 Å². The van der Waals surface area contributed by atoms with Crippen molar-refractivity contribution in [3.8, 4) is 5.75 Å². The zero-order valence-corrected chi connectivity index (χ0v) is 21.1. The van der Waals surface area contributed by atoms with Crippen LogP contribution >= 0.6 is 23.1 Å². The fraction of sp³-hybridized carbons (Fsp3) is 0.391. The molecule has 176 valence electrons. The summed E-state index contributed by atoms with van der Waals surface area (Å²) in [5, 5.41) is 0. The summed E-state index contributed by atoms with van der Waals surface area (Å²) in [5.41, 5.74) is 1.07. The highest BCUT2D eigenvalue weighted by Gasteiger charge is 2.33. The number of carbonyl (C=O) groups is 1. The van der Waals surface area contributed by atoms with E-state index in [9.17, 15) is 13.2 Å². The predicted octanol–water partition coefficient (Wildman–Crippen LogP) is 3.60. The van der Waals surface area contributed by atoms with Crippen LogP contribution in [0.1, 0.15) is 12.8 Å². The van der Waals surface area contributed by atoms with Crippen LogP contribution in [0.5, 0.6) is 5.75 Å². The normalized spacial score (nSPS) is 18.0. The number of thiazole rings is 1. The number of aromatic nitrogens is 1. The van der Waals surface area contributed by atoms with Gasteiger partial charge < -0.3 is 9.30 Å². The number of piperidine rings is 1. The number of para-hydroxylation sites is 1. The molecular formula is C23H27N3O4S3. The highest BCUT2D eigenvalue weighted by molar-refractivity contribution is 7.98. The van der Waals surface area contributed by atoms with Gasteiger partial charge in [0.1, 0.15) is 5.75 Å². The third kappa shape index (κ3) is 5.18. The van der Waals surface area contributed by atoms with Crippen molar-refractivity contribution in [3.05, 3.63) is 53.3 Å². The van der Waals surface area contributed by atoms with Gasteiger partial charge >= 0.3 is 0 Å². The van der Waals surface area contributed by atoms with E-state index in [-0.39, 0.29) is 17.3 Å². The molecular weight excluding hydrogens is 478 g/mol. The van der Waals surface area contributed by atoms with Gasteiger partial charge in [0.2, 0.25) is 10.0 Å². The highest BCUT2D eigenvalue weighted by Crippen LogP contribution is 2.26. The number of aryl methyl sites for hydroxylation is 1. The van der Waals surface area contributed by atoms with E-state index >= 15 is 0 Å². The minimum Gasteiger partial charge on any atom is -0.497 e. The Kier molecular flexibility index (Phi) is 7.58. The quantitative estimate of drug-likeness (QED) is 0.490. The average Bonchev–Trinajstić information content (AvgIpc) is 3.19. The maximum Gasteiger partial charge on any atom is 0.252 e. The number of rotatable bonds is 7. The molecule has 7 nitrogen and oxygen atoms in total. The lowest BCUT2D eigenvalue weighted by Crippen LogP contribution is -2.42. The number of thioether (sulfide) groups is 1. The predicted molar refractivity (Wildman–Crippen MR) is 133 cm³/mol. The van der Waals surface area contributed by atoms with Gasteiger partial charge in [-0.05, 0) is 55.5 Å². The Morgan fingerprint density at radius 1 is 1.21 bits per heavy atom. The molecule has 2 heterocycles. The zero-order chi connectivity index (χ0) is 23.4. The fourth-order valence-electron chi connectivity index (χ4n) is 3.95. The largest absolute Gasteiger partial charge is 0.497 e. The molecule has 3 aromatic rings. The molecule has 10 heteroatoms. The van der Waals surface area contributed by atoms with Crippen molar-refractivity contribution in [2.45, 2.75) is 24.3 Å². The van der Waals surface area contributed by atoms with Gasteiger partial charge in [-0.1, -0.05) is 23.5 Å². The molecule has 0 N–H and O–H groups in total. The topological polar surface area (TPSA) is 81.0 Å². The van der Waals surface area contributed by atoms with Crippen molar-refractivity contribution in [1.29, 1.82) is 0 Å². The monoisotopic (exact) mass is 505 g/mol. The first kappa shape index (κ1) is 24.0. The molecule has 0 bridgehead atoms. The standard InChI is InChI=1S/C23H27N3O4S3/c1-30-18-9-11-19(12-10-18)33(28,29)25-13-5-6-17(16-25)22(27)24-23-26(14-15-31-2)20-7-3-4-8-21(20)32-23/h3-4,7-12,17H,5-6,13-16H2,1-2H3. The van der Waals surface area contributed by atoms with Crippen LogP contribution in [-0.2, 0) is 21.4 Å². The SMILES string of the molecule is COc1ccc(S(=O)(=O)N2CCCC(C(=O)N=c3sc4ccccc4n3CCSC)C2)cc1. The van der Waals surface area contributed by atoms with E-state index in [4.69, 9.17) is 4.74 Å². The molecule has 1 atom stereocenters. The van der Waals surface area contributed by atoms with Gasteiger partial charge in [0.05, 0.1) is 28.1 Å². The smallest absolute Gasteiger partial charge is 0.252 e. The first-order valence-corrected chi connectivity index (χ1v) is 14.4. The second kappa shape index (κ2) is 10.4. The van der Waals surface area contributed by atoms with Crippen molar-refractivity contribution >= 4 is 49.2 Å². The van der Waals surface area contributed by atoms with E-state index in [0.717, 1.165) is 22.5 Å². The third-order valence-electron chi connectivity index (χ3n) is 5.74. The number of methoxy groups -OCH3 is 1. The highest BCUT2D eigenvalue weighted by atomic mass is 32.2. The lowest BCUT2D eigenvalue weighted by molar-refractivity contribution is -0.122. The summed E-state index contributed by atoms with van der Waals surface area (Å²) in [4.78, 5) is 18.5. The lowest BCUT2D eigenvalue weighted by atomic mass is 9.99. The van der Waals surface area contributed by atoms with Crippen molar-refractivity contribution < 1.29 is 17.9 Å². The summed E-state index contributed by atoms with van der Waals surface area (Å²) in [5.74, 6) is 0.803. The Morgan fingerprint density at radius 3 is 2.70 bits per heavy atom. The molecule has 1 aliphatic heterocycles. The molecule has 1 amide bonds. The van der Waals surface area contributed by atoms with Crippen LogP contribution in [0.3, 0.4) is 0 Å². The maximum absolute atomic E-state index is 13.1. The van der Waals surface area contributed by atoms with Gasteiger partial charge in [-0.3, -0.25) is 4.79 Å². The van der Waals surface area contributed by atoms with Crippen LogP contribution in [0.2, 0.25) is 0 Å². The molecule has 1 aromatic heterocycles. The van der Waals surface area contributed by atoms with Gasteiger partial charge in [0.15, 0.2) is 4.80 Å². The number of nitrogens with zero attached hydrogens (tertiary/aromatic N) is 3. The molecule has 1 saturated heterocycles. The number of benzene rings is 2. The van der Waals surface area contributed by atoms with Crippen molar-refractivity contribution in [1.82, 2.24) is 8.87 Å². The number of hydrogen-bond donors (Lipinski definition) is 0. The number of carbonyl (C=O) groups excluding carboxylic acids is 1. The summed E-state index contributed by atoms with van der Waals surface area (Å²) in [6.45, 7) is 1.31. The van der Waals surface area contributed by atoms with Gasteiger partial charge in [0.25, 0.3) is 5.91 Å².